The van der Waals surface area contributed by atoms with Crippen molar-refractivity contribution in [3.8, 4) is 17.7 Å². The van der Waals surface area contributed by atoms with E-state index in [-0.39, 0.29) is 17.7 Å². The molecule has 0 atom stereocenters. The molecule has 0 amide bonds. The van der Waals surface area contributed by atoms with Crippen molar-refractivity contribution in [1.82, 2.24) is 19.5 Å². The molecule has 3 aromatic heterocycles. The fraction of sp³-hybridized carbons (Fsp3) is 0.316. The summed E-state index contributed by atoms with van der Waals surface area (Å²) in [5.74, 6) is 6.94. The van der Waals surface area contributed by atoms with Crippen molar-refractivity contribution < 1.29 is 5.11 Å². The minimum atomic E-state index is 0.0742. The number of pyridine rings is 1. The monoisotopic (exact) mass is 403 g/mol. The summed E-state index contributed by atoms with van der Waals surface area (Å²) in [7, 11) is 0. The number of aryl methyl sites for hydroxylation is 1. The SMILES string of the molecule is Cc1cnc(-n2cc(C#CCCCCO)c3c(Cl)nc(N)nc32)c(C)c1Cl. The van der Waals surface area contributed by atoms with Crippen molar-refractivity contribution in [2.75, 3.05) is 12.3 Å². The average molecular weight is 404 g/mol. The predicted molar refractivity (Wildman–Crippen MR) is 108 cm³/mol. The summed E-state index contributed by atoms with van der Waals surface area (Å²) in [6.45, 7) is 3.97. The lowest BCUT2D eigenvalue weighted by Gasteiger charge is -2.10. The summed E-state index contributed by atoms with van der Waals surface area (Å²) in [5.41, 5.74) is 8.74. The van der Waals surface area contributed by atoms with Gasteiger partial charge in [-0.05, 0) is 32.3 Å². The quantitative estimate of drug-likeness (QED) is 0.392. The Morgan fingerprint density at radius 1 is 1.22 bits per heavy atom. The molecule has 0 saturated carbocycles. The van der Waals surface area contributed by atoms with E-state index >= 15 is 0 Å². The summed E-state index contributed by atoms with van der Waals surface area (Å²) in [5, 5.41) is 10.4. The zero-order valence-corrected chi connectivity index (χ0v) is 16.6. The number of halogens is 2. The van der Waals surface area contributed by atoms with Gasteiger partial charge in [-0.25, -0.2) is 9.97 Å². The number of aromatic nitrogens is 4. The number of nitrogens with zero attached hydrogens (tertiary/aromatic N) is 4. The van der Waals surface area contributed by atoms with Crippen LogP contribution < -0.4 is 5.73 Å². The van der Waals surface area contributed by atoms with E-state index in [0.717, 1.165) is 24.0 Å². The smallest absolute Gasteiger partial charge is 0.223 e. The number of hydrogen-bond donors (Lipinski definition) is 2. The zero-order valence-electron chi connectivity index (χ0n) is 15.1. The third kappa shape index (κ3) is 3.86. The van der Waals surface area contributed by atoms with Crippen molar-refractivity contribution in [3.05, 3.63) is 39.3 Å². The second-order valence-electron chi connectivity index (χ2n) is 6.17. The molecule has 0 spiro atoms. The van der Waals surface area contributed by atoms with Crippen LogP contribution in [0.4, 0.5) is 5.95 Å². The molecule has 140 valence electrons. The maximum Gasteiger partial charge on any atom is 0.223 e. The third-order valence-corrected chi connectivity index (χ3v) is 5.03. The minimum Gasteiger partial charge on any atom is -0.396 e. The standard InChI is InChI=1S/C19H19Cl2N5O/c1-11-9-23-17(12(2)15(11)20)26-10-13(7-5-3-4-6-8-27)14-16(21)24-19(22)25-18(14)26/h9-10,27H,3-4,6,8H2,1-2H3,(H2,22,24,25). The number of nitrogen functional groups attached to an aromatic ring is 1. The maximum absolute atomic E-state index is 8.87. The number of rotatable bonds is 4. The molecule has 6 nitrogen and oxygen atoms in total. The molecule has 0 aliphatic rings. The predicted octanol–water partition coefficient (Wildman–Crippen LogP) is 3.84. The molecule has 3 heterocycles. The number of aliphatic hydroxyl groups is 1. The molecule has 0 aliphatic heterocycles. The largest absolute Gasteiger partial charge is 0.396 e. The Hall–Kier alpha value is -2.33. The maximum atomic E-state index is 8.87. The highest BCUT2D eigenvalue weighted by molar-refractivity contribution is 6.34. The Balaban J connectivity index is 2.18. The number of fused-ring (bicyclic) bond motifs is 1. The van der Waals surface area contributed by atoms with E-state index in [0.29, 0.717) is 33.9 Å². The van der Waals surface area contributed by atoms with Gasteiger partial charge in [-0.1, -0.05) is 35.0 Å². The topological polar surface area (TPSA) is 89.8 Å². The molecule has 0 fully saturated rings. The second kappa shape index (κ2) is 8.13. The summed E-state index contributed by atoms with van der Waals surface area (Å²) in [4.78, 5) is 12.9. The van der Waals surface area contributed by atoms with E-state index in [4.69, 9.17) is 34.0 Å². The first-order valence-electron chi connectivity index (χ1n) is 8.50. The van der Waals surface area contributed by atoms with Gasteiger partial charge in [0.1, 0.15) is 11.0 Å². The van der Waals surface area contributed by atoms with E-state index in [1.54, 1.807) is 10.8 Å². The number of unbranched alkanes of at least 4 members (excludes halogenated alkanes) is 2. The lowest BCUT2D eigenvalue weighted by atomic mass is 10.2. The van der Waals surface area contributed by atoms with Crippen molar-refractivity contribution in [1.29, 1.82) is 0 Å². The van der Waals surface area contributed by atoms with Crippen LogP contribution in [0.15, 0.2) is 12.4 Å². The van der Waals surface area contributed by atoms with E-state index in [9.17, 15) is 0 Å². The molecule has 3 aromatic rings. The van der Waals surface area contributed by atoms with Gasteiger partial charge in [-0.15, -0.1) is 0 Å². The molecule has 3 N–H and O–H groups in total. The Morgan fingerprint density at radius 2 is 2.00 bits per heavy atom. The normalized spacial score (nSPS) is 10.9. The van der Waals surface area contributed by atoms with Crippen LogP contribution in [0.5, 0.6) is 0 Å². The van der Waals surface area contributed by atoms with Crippen molar-refractivity contribution >= 4 is 40.2 Å². The Morgan fingerprint density at radius 3 is 2.74 bits per heavy atom. The van der Waals surface area contributed by atoms with Gasteiger partial charge in [-0.2, -0.15) is 4.98 Å². The van der Waals surface area contributed by atoms with Crippen LogP contribution in [-0.4, -0.2) is 31.2 Å². The highest BCUT2D eigenvalue weighted by Crippen LogP contribution is 2.31. The van der Waals surface area contributed by atoms with Crippen molar-refractivity contribution in [2.24, 2.45) is 0 Å². The van der Waals surface area contributed by atoms with Crippen LogP contribution in [-0.2, 0) is 0 Å². The number of aliphatic hydroxyl groups excluding tert-OH is 1. The fourth-order valence-corrected chi connectivity index (χ4v) is 3.19. The van der Waals surface area contributed by atoms with E-state index in [1.807, 2.05) is 20.0 Å². The summed E-state index contributed by atoms with van der Waals surface area (Å²) in [6, 6.07) is 0. The first-order chi connectivity index (χ1) is 12.9. The minimum absolute atomic E-state index is 0.0742. The molecule has 0 radical (unpaired) electrons. The van der Waals surface area contributed by atoms with Crippen LogP contribution in [0.2, 0.25) is 10.2 Å². The van der Waals surface area contributed by atoms with Crippen LogP contribution in [0.25, 0.3) is 16.9 Å². The van der Waals surface area contributed by atoms with Gasteiger partial charge >= 0.3 is 0 Å². The van der Waals surface area contributed by atoms with Gasteiger partial charge in [0.05, 0.1) is 16.0 Å². The molecule has 3 rings (SSSR count). The molecule has 0 unspecified atom stereocenters. The van der Waals surface area contributed by atoms with E-state index < -0.39 is 0 Å². The first kappa shape index (κ1) is 19.4. The fourth-order valence-electron chi connectivity index (χ4n) is 2.79. The number of anilines is 1. The molecule has 8 heteroatoms. The van der Waals surface area contributed by atoms with Gasteiger partial charge in [0, 0.05) is 31.0 Å². The third-order valence-electron chi connectivity index (χ3n) is 4.17. The Labute approximate surface area is 167 Å². The summed E-state index contributed by atoms with van der Waals surface area (Å²) in [6.07, 6.45) is 5.76. The van der Waals surface area contributed by atoms with E-state index in [1.165, 1.54) is 0 Å². The van der Waals surface area contributed by atoms with Crippen molar-refractivity contribution in [2.45, 2.75) is 33.1 Å². The van der Waals surface area contributed by atoms with Crippen LogP contribution in [0.1, 0.15) is 36.0 Å². The highest BCUT2D eigenvalue weighted by Gasteiger charge is 2.18. The highest BCUT2D eigenvalue weighted by atomic mass is 35.5. The van der Waals surface area contributed by atoms with Gasteiger partial charge in [0.15, 0.2) is 5.65 Å². The molecule has 0 aromatic carbocycles. The molecule has 0 saturated heterocycles. The van der Waals surface area contributed by atoms with Crippen LogP contribution >= 0.6 is 23.2 Å². The zero-order chi connectivity index (χ0) is 19.6. The van der Waals surface area contributed by atoms with Gasteiger partial charge in [0.2, 0.25) is 5.95 Å². The van der Waals surface area contributed by atoms with Gasteiger partial charge in [-0.3, -0.25) is 4.57 Å². The Kier molecular flexibility index (Phi) is 5.85. The lowest BCUT2D eigenvalue weighted by molar-refractivity contribution is 0.285. The number of hydrogen-bond acceptors (Lipinski definition) is 5. The van der Waals surface area contributed by atoms with Gasteiger partial charge in [0.25, 0.3) is 0 Å². The van der Waals surface area contributed by atoms with Gasteiger partial charge < -0.3 is 10.8 Å². The molecule has 27 heavy (non-hydrogen) atoms. The van der Waals surface area contributed by atoms with Crippen LogP contribution in [0, 0.1) is 25.7 Å². The molecule has 0 aliphatic carbocycles. The molecule has 0 bridgehead atoms. The first-order valence-corrected chi connectivity index (χ1v) is 9.25. The average Bonchev–Trinajstić information content (AvgIpc) is 2.98. The summed E-state index contributed by atoms with van der Waals surface area (Å²) < 4.78 is 1.79. The Bertz CT molecular complexity index is 1070. The molecular weight excluding hydrogens is 385 g/mol. The number of nitrogens with two attached hydrogens (primary N) is 1. The van der Waals surface area contributed by atoms with Crippen molar-refractivity contribution in [3.63, 3.8) is 0 Å². The summed E-state index contributed by atoms with van der Waals surface area (Å²) >= 11 is 12.7. The van der Waals surface area contributed by atoms with Crippen LogP contribution in [0.3, 0.4) is 0 Å². The lowest BCUT2D eigenvalue weighted by Crippen LogP contribution is -2.03. The molecular formula is C19H19Cl2N5O. The van der Waals surface area contributed by atoms with E-state index in [2.05, 4.69) is 26.8 Å². The second-order valence-corrected chi connectivity index (χ2v) is 6.91.